The van der Waals surface area contributed by atoms with Crippen molar-refractivity contribution in [3.63, 3.8) is 0 Å². The Labute approximate surface area is 158 Å². The molecule has 0 N–H and O–H groups in total. The Kier molecular flexibility index (Phi) is 4.92. The largest absolute Gasteiger partial charge is 0.331 e. The number of carbonyl (C=O) groups is 1. The van der Waals surface area contributed by atoms with Crippen molar-refractivity contribution in [2.45, 2.75) is 63.5 Å². The molecular weight excluding hydrogens is 344 g/mol. The van der Waals surface area contributed by atoms with Crippen molar-refractivity contribution in [3.8, 4) is 5.69 Å². The van der Waals surface area contributed by atoms with Gasteiger partial charge in [0.2, 0.25) is 0 Å². The van der Waals surface area contributed by atoms with Crippen LogP contribution in [0.25, 0.3) is 5.69 Å². The number of hydrogen-bond acceptors (Lipinski definition) is 4. The minimum Gasteiger partial charge on any atom is -0.331 e. The molecule has 0 spiro atoms. The molecule has 1 aromatic carbocycles. The molecule has 0 bridgehead atoms. The molecule has 2 aliphatic rings. The number of amides is 1. The van der Waals surface area contributed by atoms with Crippen LogP contribution in [0.5, 0.6) is 0 Å². The van der Waals surface area contributed by atoms with Gasteiger partial charge in [0.1, 0.15) is 0 Å². The van der Waals surface area contributed by atoms with E-state index in [0.717, 1.165) is 25.7 Å². The SMILES string of the molecule is O=C(c1ccn(-c2ccc([N+](=O)[O-])cc2)n1)N(C1CCCC1)C1CCCC1. The van der Waals surface area contributed by atoms with E-state index in [9.17, 15) is 14.9 Å². The first-order valence-electron chi connectivity index (χ1n) is 9.76. The maximum Gasteiger partial charge on any atom is 0.274 e. The predicted octanol–water partition coefficient (Wildman–Crippen LogP) is 4.11. The molecule has 27 heavy (non-hydrogen) atoms. The molecule has 0 aliphatic heterocycles. The first-order valence-corrected chi connectivity index (χ1v) is 9.76. The van der Waals surface area contributed by atoms with Crippen molar-refractivity contribution in [3.05, 3.63) is 52.3 Å². The Morgan fingerprint density at radius 1 is 1.00 bits per heavy atom. The summed E-state index contributed by atoms with van der Waals surface area (Å²) in [5, 5.41) is 15.3. The van der Waals surface area contributed by atoms with Crippen LogP contribution in [0, 0.1) is 10.1 Å². The Morgan fingerprint density at radius 2 is 1.56 bits per heavy atom. The first-order chi connectivity index (χ1) is 13.1. The highest BCUT2D eigenvalue weighted by Crippen LogP contribution is 2.32. The lowest BCUT2D eigenvalue weighted by Gasteiger charge is -2.34. The number of hydrogen-bond donors (Lipinski definition) is 0. The summed E-state index contributed by atoms with van der Waals surface area (Å²) >= 11 is 0. The summed E-state index contributed by atoms with van der Waals surface area (Å²) in [4.78, 5) is 25.8. The predicted molar refractivity (Wildman–Crippen MR) is 101 cm³/mol. The number of nitrogens with zero attached hydrogens (tertiary/aromatic N) is 4. The van der Waals surface area contributed by atoms with Crippen LogP contribution in [0.3, 0.4) is 0 Å². The van der Waals surface area contributed by atoms with Gasteiger partial charge in [-0.05, 0) is 43.9 Å². The minimum absolute atomic E-state index is 0.0226. The molecule has 1 amide bonds. The molecule has 7 nitrogen and oxygen atoms in total. The summed E-state index contributed by atoms with van der Waals surface area (Å²) in [6.07, 6.45) is 10.9. The summed E-state index contributed by atoms with van der Waals surface area (Å²) < 4.78 is 1.61. The van der Waals surface area contributed by atoms with Crippen LogP contribution in [-0.2, 0) is 0 Å². The normalized spacial score (nSPS) is 18.1. The van der Waals surface area contributed by atoms with Crippen LogP contribution in [0.2, 0.25) is 0 Å². The van der Waals surface area contributed by atoms with Gasteiger partial charge in [0.25, 0.3) is 11.6 Å². The molecule has 0 radical (unpaired) electrons. The van der Waals surface area contributed by atoms with Crippen LogP contribution in [0.1, 0.15) is 61.9 Å². The van der Waals surface area contributed by atoms with Gasteiger partial charge in [0.15, 0.2) is 5.69 Å². The smallest absolute Gasteiger partial charge is 0.274 e. The average molecular weight is 368 g/mol. The zero-order valence-electron chi connectivity index (χ0n) is 15.3. The number of nitro benzene ring substituents is 1. The van der Waals surface area contributed by atoms with E-state index in [0.29, 0.717) is 23.5 Å². The van der Waals surface area contributed by atoms with Gasteiger partial charge in [-0.2, -0.15) is 5.10 Å². The Bertz CT molecular complexity index is 802. The van der Waals surface area contributed by atoms with Gasteiger partial charge < -0.3 is 4.90 Å². The highest BCUT2D eigenvalue weighted by atomic mass is 16.6. The summed E-state index contributed by atoms with van der Waals surface area (Å²) in [6.45, 7) is 0. The lowest BCUT2D eigenvalue weighted by molar-refractivity contribution is -0.384. The fourth-order valence-electron chi connectivity index (χ4n) is 4.44. The molecule has 0 saturated heterocycles. The van der Waals surface area contributed by atoms with Crippen molar-refractivity contribution in [2.75, 3.05) is 0 Å². The van der Waals surface area contributed by atoms with E-state index in [1.807, 2.05) is 0 Å². The van der Waals surface area contributed by atoms with Crippen LogP contribution < -0.4 is 0 Å². The third kappa shape index (κ3) is 3.59. The average Bonchev–Trinajstić information content (AvgIpc) is 3.44. The van der Waals surface area contributed by atoms with Crippen LogP contribution >= 0.6 is 0 Å². The number of nitro groups is 1. The maximum absolute atomic E-state index is 13.3. The molecule has 7 heteroatoms. The molecule has 0 unspecified atom stereocenters. The molecule has 0 atom stereocenters. The summed E-state index contributed by atoms with van der Waals surface area (Å²) in [7, 11) is 0. The Balaban J connectivity index is 1.56. The zero-order valence-corrected chi connectivity index (χ0v) is 15.3. The van der Waals surface area contributed by atoms with Crippen LogP contribution in [0.4, 0.5) is 5.69 Å². The van der Waals surface area contributed by atoms with E-state index in [1.165, 1.54) is 37.8 Å². The summed E-state index contributed by atoms with van der Waals surface area (Å²) in [5.41, 5.74) is 1.19. The van der Waals surface area contributed by atoms with Gasteiger partial charge in [0.05, 0.1) is 10.6 Å². The van der Waals surface area contributed by atoms with Gasteiger partial charge in [-0.3, -0.25) is 14.9 Å². The molecule has 2 aromatic rings. The molecule has 142 valence electrons. The molecular formula is C20H24N4O3. The molecule has 1 heterocycles. The van der Waals surface area contributed by atoms with E-state index in [4.69, 9.17) is 0 Å². The lowest BCUT2D eigenvalue weighted by Crippen LogP contribution is -2.45. The highest BCUT2D eigenvalue weighted by Gasteiger charge is 2.35. The second kappa shape index (κ2) is 7.50. The van der Waals surface area contributed by atoms with Gasteiger partial charge in [-0.25, -0.2) is 4.68 Å². The van der Waals surface area contributed by atoms with E-state index < -0.39 is 4.92 Å². The van der Waals surface area contributed by atoms with E-state index in [-0.39, 0.29) is 11.6 Å². The number of aromatic nitrogens is 2. The third-order valence-corrected chi connectivity index (χ3v) is 5.80. The number of rotatable bonds is 5. The number of benzene rings is 1. The number of non-ortho nitro benzene ring substituents is 1. The second-order valence-corrected chi connectivity index (χ2v) is 7.51. The molecule has 4 rings (SSSR count). The Hall–Kier alpha value is -2.70. The second-order valence-electron chi connectivity index (χ2n) is 7.51. The minimum atomic E-state index is -0.428. The highest BCUT2D eigenvalue weighted by molar-refractivity contribution is 5.92. The van der Waals surface area contributed by atoms with Crippen molar-refractivity contribution < 1.29 is 9.72 Å². The van der Waals surface area contributed by atoms with E-state index in [1.54, 1.807) is 29.1 Å². The van der Waals surface area contributed by atoms with Gasteiger partial charge in [-0.1, -0.05) is 25.7 Å². The quantitative estimate of drug-likeness (QED) is 0.587. The van der Waals surface area contributed by atoms with Crippen LogP contribution in [-0.4, -0.2) is 37.6 Å². The molecule has 2 aliphatic carbocycles. The van der Waals surface area contributed by atoms with E-state index in [2.05, 4.69) is 10.00 Å². The fourth-order valence-corrected chi connectivity index (χ4v) is 4.44. The number of carbonyl (C=O) groups excluding carboxylic acids is 1. The van der Waals surface area contributed by atoms with Crippen molar-refractivity contribution >= 4 is 11.6 Å². The van der Waals surface area contributed by atoms with E-state index >= 15 is 0 Å². The lowest BCUT2D eigenvalue weighted by atomic mass is 10.1. The summed E-state index contributed by atoms with van der Waals surface area (Å²) in [5.74, 6) is 0.0226. The fraction of sp³-hybridized carbons (Fsp3) is 0.500. The first kappa shape index (κ1) is 17.7. The van der Waals surface area contributed by atoms with Crippen molar-refractivity contribution in [2.24, 2.45) is 0 Å². The molecule has 2 saturated carbocycles. The third-order valence-electron chi connectivity index (χ3n) is 5.80. The molecule has 1 aromatic heterocycles. The van der Waals surface area contributed by atoms with Crippen molar-refractivity contribution in [1.82, 2.24) is 14.7 Å². The maximum atomic E-state index is 13.3. The zero-order chi connectivity index (χ0) is 18.8. The monoisotopic (exact) mass is 368 g/mol. The van der Waals surface area contributed by atoms with Crippen molar-refractivity contribution in [1.29, 1.82) is 0 Å². The van der Waals surface area contributed by atoms with Gasteiger partial charge in [0, 0.05) is 30.4 Å². The Morgan fingerprint density at radius 3 is 2.07 bits per heavy atom. The standard InChI is InChI=1S/C20H24N4O3/c25-20(23(16-5-1-2-6-16)17-7-3-4-8-17)19-13-14-22(21-19)15-9-11-18(12-10-15)24(26)27/h9-14,16-17H,1-8H2. The van der Waals surface area contributed by atoms with Gasteiger partial charge in [-0.15, -0.1) is 0 Å². The van der Waals surface area contributed by atoms with Gasteiger partial charge >= 0.3 is 0 Å². The van der Waals surface area contributed by atoms with Crippen LogP contribution in [0.15, 0.2) is 36.5 Å². The summed E-state index contributed by atoms with van der Waals surface area (Å²) in [6, 6.07) is 8.61. The molecule has 2 fully saturated rings. The topological polar surface area (TPSA) is 81.3 Å².